The first-order chi connectivity index (χ1) is 14.0. The third kappa shape index (κ3) is 3.76. The monoisotopic (exact) mass is 393 g/mol. The third-order valence-electron chi connectivity index (χ3n) is 6.62. The van der Waals surface area contributed by atoms with E-state index in [2.05, 4.69) is 35.9 Å². The third-order valence-corrected chi connectivity index (χ3v) is 6.62. The molecule has 2 saturated heterocycles. The number of ether oxygens (including phenoxy) is 1. The van der Waals surface area contributed by atoms with Crippen LogP contribution < -0.4 is 4.74 Å². The van der Waals surface area contributed by atoms with E-state index < -0.39 is 0 Å². The number of benzene rings is 1. The van der Waals surface area contributed by atoms with Gasteiger partial charge in [-0.2, -0.15) is 0 Å². The van der Waals surface area contributed by atoms with Gasteiger partial charge in [0, 0.05) is 19.3 Å². The molecule has 0 bridgehead atoms. The van der Waals surface area contributed by atoms with E-state index in [4.69, 9.17) is 4.74 Å². The van der Waals surface area contributed by atoms with Crippen molar-refractivity contribution >= 4 is 5.91 Å². The van der Waals surface area contributed by atoms with Crippen molar-refractivity contribution in [1.29, 1.82) is 0 Å². The van der Waals surface area contributed by atoms with Crippen molar-refractivity contribution in [2.24, 2.45) is 0 Å². The first-order valence-electron chi connectivity index (χ1n) is 10.6. The average Bonchev–Trinajstić information content (AvgIpc) is 3.12. The highest BCUT2D eigenvalue weighted by atomic mass is 16.5. The molecule has 3 heterocycles. The van der Waals surface area contributed by atoms with Crippen molar-refractivity contribution < 1.29 is 9.53 Å². The minimum absolute atomic E-state index is 0.287. The second-order valence-electron chi connectivity index (χ2n) is 8.46. The van der Waals surface area contributed by atoms with Crippen LogP contribution in [0.1, 0.15) is 48.1 Å². The van der Waals surface area contributed by atoms with Gasteiger partial charge < -0.3 is 9.64 Å². The number of carbonyl (C=O) groups excluding carboxylic acids is 1. The summed E-state index contributed by atoms with van der Waals surface area (Å²) >= 11 is 0. The quantitative estimate of drug-likeness (QED) is 0.774. The highest BCUT2D eigenvalue weighted by Crippen LogP contribution is 2.40. The Morgan fingerprint density at radius 1 is 1.07 bits per heavy atom. The van der Waals surface area contributed by atoms with Gasteiger partial charge in [-0.1, -0.05) is 12.1 Å². The summed E-state index contributed by atoms with van der Waals surface area (Å²) in [6.45, 7) is 7.45. The van der Waals surface area contributed by atoms with E-state index in [-0.39, 0.29) is 11.4 Å². The molecule has 2 fully saturated rings. The summed E-state index contributed by atoms with van der Waals surface area (Å²) in [5.74, 6) is 1.22. The maximum Gasteiger partial charge on any atom is 0.243 e. The van der Waals surface area contributed by atoms with E-state index in [1.165, 1.54) is 11.1 Å². The van der Waals surface area contributed by atoms with E-state index in [9.17, 15) is 4.79 Å². The fourth-order valence-corrected chi connectivity index (χ4v) is 5.04. The summed E-state index contributed by atoms with van der Waals surface area (Å²) in [6.07, 6.45) is 5.85. The fourth-order valence-electron chi connectivity index (χ4n) is 5.04. The maximum absolute atomic E-state index is 13.6. The molecule has 2 aromatic rings. The topological polar surface area (TPSA) is 45.7 Å². The van der Waals surface area contributed by atoms with Crippen LogP contribution in [0, 0.1) is 13.8 Å². The number of piperidine rings is 1. The molecule has 1 aromatic heterocycles. The summed E-state index contributed by atoms with van der Waals surface area (Å²) < 4.78 is 5.47. The molecule has 0 radical (unpaired) electrons. The predicted molar refractivity (Wildman–Crippen MR) is 114 cm³/mol. The van der Waals surface area contributed by atoms with Gasteiger partial charge in [0.2, 0.25) is 5.91 Å². The largest absolute Gasteiger partial charge is 0.496 e. The van der Waals surface area contributed by atoms with Gasteiger partial charge in [-0.15, -0.1) is 0 Å². The molecule has 5 heteroatoms. The van der Waals surface area contributed by atoms with E-state index in [1.807, 2.05) is 23.1 Å². The first-order valence-corrected chi connectivity index (χ1v) is 10.6. The lowest BCUT2D eigenvalue weighted by Crippen LogP contribution is -2.59. The minimum atomic E-state index is -0.354. The molecule has 1 amide bonds. The summed E-state index contributed by atoms with van der Waals surface area (Å²) in [5, 5.41) is 0. The van der Waals surface area contributed by atoms with Gasteiger partial charge in [0.15, 0.2) is 0 Å². The number of likely N-dealkylation sites (tertiary alicyclic amines) is 2. The van der Waals surface area contributed by atoms with Crippen LogP contribution in [0.3, 0.4) is 0 Å². The van der Waals surface area contributed by atoms with Crippen molar-refractivity contribution in [3.63, 3.8) is 0 Å². The summed E-state index contributed by atoms with van der Waals surface area (Å²) in [4.78, 5) is 22.5. The van der Waals surface area contributed by atoms with Gasteiger partial charge in [0.1, 0.15) is 11.3 Å². The van der Waals surface area contributed by atoms with Crippen LogP contribution in [-0.2, 0) is 17.9 Å². The van der Waals surface area contributed by atoms with Crippen LogP contribution in [0.25, 0.3) is 0 Å². The lowest BCUT2D eigenvalue weighted by molar-refractivity contribution is -0.148. The fraction of sp³-hybridized carbons (Fsp3) is 0.500. The van der Waals surface area contributed by atoms with Crippen molar-refractivity contribution in [3.05, 3.63) is 58.9 Å². The number of methoxy groups -OCH3 is 1. The molecule has 29 heavy (non-hydrogen) atoms. The molecule has 0 aliphatic carbocycles. The molecule has 5 nitrogen and oxygen atoms in total. The Morgan fingerprint density at radius 2 is 1.86 bits per heavy atom. The molecular weight excluding hydrogens is 362 g/mol. The number of aromatic nitrogens is 1. The number of carbonyl (C=O) groups is 1. The number of hydrogen-bond acceptors (Lipinski definition) is 4. The summed E-state index contributed by atoms with van der Waals surface area (Å²) in [6, 6.07) is 10.2. The molecule has 154 valence electrons. The van der Waals surface area contributed by atoms with Crippen molar-refractivity contribution in [1.82, 2.24) is 14.8 Å². The van der Waals surface area contributed by atoms with Crippen molar-refractivity contribution in [3.8, 4) is 5.75 Å². The predicted octanol–water partition coefficient (Wildman–Crippen LogP) is 3.86. The van der Waals surface area contributed by atoms with Gasteiger partial charge in [0.25, 0.3) is 0 Å². The van der Waals surface area contributed by atoms with Crippen LogP contribution >= 0.6 is 0 Å². The molecule has 0 N–H and O–H groups in total. The minimum Gasteiger partial charge on any atom is -0.496 e. The number of hydrogen-bond donors (Lipinski definition) is 0. The number of pyridine rings is 1. The SMILES string of the molecule is COc1cc(C)c(CN2CCCC23CCCN(Cc2ccccn2)C3=O)cc1C. The van der Waals surface area contributed by atoms with Gasteiger partial charge in [-0.3, -0.25) is 14.7 Å². The van der Waals surface area contributed by atoms with Crippen LogP contribution in [0.4, 0.5) is 0 Å². The number of amides is 1. The lowest BCUT2D eigenvalue weighted by atomic mass is 9.85. The number of nitrogens with zero attached hydrogens (tertiary/aromatic N) is 3. The first kappa shape index (κ1) is 19.9. The normalized spacial score (nSPS) is 22.4. The summed E-state index contributed by atoms with van der Waals surface area (Å²) in [7, 11) is 1.72. The number of aryl methyl sites for hydroxylation is 2. The van der Waals surface area contributed by atoms with E-state index in [1.54, 1.807) is 13.3 Å². The molecule has 0 saturated carbocycles. The van der Waals surface area contributed by atoms with Crippen LogP contribution in [0.5, 0.6) is 5.75 Å². The second-order valence-corrected chi connectivity index (χ2v) is 8.46. The Labute approximate surface area is 173 Å². The van der Waals surface area contributed by atoms with Gasteiger partial charge >= 0.3 is 0 Å². The van der Waals surface area contributed by atoms with Crippen molar-refractivity contribution in [2.45, 2.75) is 58.2 Å². The Balaban J connectivity index is 1.56. The summed E-state index contributed by atoms with van der Waals surface area (Å²) in [5.41, 5.74) is 4.27. The van der Waals surface area contributed by atoms with Crippen LogP contribution in [0.2, 0.25) is 0 Å². The zero-order valence-corrected chi connectivity index (χ0v) is 17.8. The Morgan fingerprint density at radius 3 is 2.59 bits per heavy atom. The van der Waals surface area contributed by atoms with Crippen LogP contribution in [-0.4, -0.2) is 46.4 Å². The molecule has 2 aliphatic rings. The average molecular weight is 394 g/mol. The smallest absolute Gasteiger partial charge is 0.243 e. The van der Waals surface area contributed by atoms with Crippen molar-refractivity contribution in [2.75, 3.05) is 20.2 Å². The highest BCUT2D eigenvalue weighted by Gasteiger charge is 2.50. The standard InChI is InChI=1S/C24H31N3O2/c1-18-15-22(29-3)19(2)14-20(18)16-27-13-7-10-24(27)9-6-12-26(23(24)28)17-21-8-4-5-11-25-21/h4-5,8,11,14-15H,6-7,9-10,12-13,16-17H2,1-3H3. The van der Waals surface area contributed by atoms with Gasteiger partial charge in [-0.05, 0) is 81.0 Å². The highest BCUT2D eigenvalue weighted by molar-refractivity contribution is 5.87. The second kappa shape index (κ2) is 8.15. The Bertz CT molecular complexity index is 883. The van der Waals surface area contributed by atoms with E-state index in [0.717, 1.165) is 62.3 Å². The molecule has 1 atom stereocenters. The van der Waals surface area contributed by atoms with Crippen LogP contribution in [0.15, 0.2) is 36.5 Å². The zero-order valence-electron chi connectivity index (χ0n) is 17.8. The van der Waals surface area contributed by atoms with E-state index in [0.29, 0.717) is 6.54 Å². The van der Waals surface area contributed by atoms with E-state index >= 15 is 0 Å². The molecule has 1 unspecified atom stereocenters. The number of rotatable bonds is 5. The Kier molecular flexibility index (Phi) is 5.59. The Hall–Kier alpha value is -2.40. The molecule has 4 rings (SSSR count). The lowest BCUT2D eigenvalue weighted by Gasteiger charge is -2.44. The maximum atomic E-state index is 13.6. The molecule has 2 aliphatic heterocycles. The molecule has 1 spiro atoms. The molecular formula is C24H31N3O2. The van der Waals surface area contributed by atoms with Gasteiger partial charge in [0.05, 0.1) is 19.3 Å². The van der Waals surface area contributed by atoms with Gasteiger partial charge in [-0.25, -0.2) is 0 Å². The molecule has 1 aromatic carbocycles. The zero-order chi connectivity index (χ0) is 20.4.